The van der Waals surface area contributed by atoms with E-state index in [4.69, 9.17) is 4.74 Å². The van der Waals surface area contributed by atoms with Gasteiger partial charge in [-0.25, -0.2) is 0 Å². The van der Waals surface area contributed by atoms with Crippen LogP contribution in [-0.2, 0) is 16.1 Å². The number of morpholine rings is 1. The minimum atomic E-state index is -0.497. The number of ether oxygens (including phenoxy) is 1. The summed E-state index contributed by atoms with van der Waals surface area (Å²) in [5.41, 5.74) is 6.12. The Hall–Kier alpha value is -3.48. The summed E-state index contributed by atoms with van der Waals surface area (Å²) >= 11 is 1.13. The molecule has 207 valence electrons. The van der Waals surface area contributed by atoms with Gasteiger partial charge in [-0.2, -0.15) is 0 Å². The molecule has 0 aliphatic carbocycles. The van der Waals surface area contributed by atoms with Crippen molar-refractivity contribution in [2.75, 3.05) is 31.6 Å². The molecule has 1 radical (unpaired) electrons. The monoisotopic (exact) mass is 624 g/mol. The van der Waals surface area contributed by atoms with Crippen LogP contribution in [0.25, 0.3) is 9.93 Å². The average Bonchev–Trinajstić information content (AvgIpc) is 3.64. The fourth-order valence-corrected chi connectivity index (χ4v) is 8.65. The van der Waals surface area contributed by atoms with Gasteiger partial charge in [-0.05, 0) is 0 Å². The molecule has 0 unspecified atom stereocenters. The van der Waals surface area contributed by atoms with Crippen LogP contribution in [-0.4, -0.2) is 58.8 Å². The Labute approximate surface area is 251 Å². The Morgan fingerprint density at radius 2 is 1.85 bits per heavy atom. The van der Waals surface area contributed by atoms with Gasteiger partial charge in [0.25, 0.3) is 0 Å². The average molecular weight is 625 g/mol. The molecule has 1 fully saturated rings. The van der Waals surface area contributed by atoms with E-state index in [9.17, 15) is 9.59 Å². The third kappa shape index (κ3) is 6.39. The van der Waals surface area contributed by atoms with Crippen molar-refractivity contribution in [2.45, 2.75) is 19.5 Å². The molecule has 0 saturated carbocycles. The van der Waals surface area contributed by atoms with E-state index in [2.05, 4.69) is 56.6 Å². The summed E-state index contributed by atoms with van der Waals surface area (Å²) < 4.78 is 7.80. The van der Waals surface area contributed by atoms with E-state index in [1.165, 1.54) is 9.91 Å². The SMILES string of the molecule is C[C@@H](NC(=O)c1ccc2c(c1)/C(=C(/[As]c1cccc(CN3CCOCC3)c1)c1ccsc1)C(=O)N2)c1ccccc1. The number of rotatable bonds is 8. The maximum absolute atomic E-state index is 13.5. The molecule has 4 aromatic rings. The van der Waals surface area contributed by atoms with Crippen LogP contribution in [0.1, 0.15) is 45.6 Å². The normalized spacial score (nSPS) is 17.3. The molecule has 3 aromatic carbocycles. The van der Waals surface area contributed by atoms with Crippen molar-refractivity contribution in [2.24, 2.45) is 0 Å². The van der Waals surface area contributed by atoms with Gasteiger partial charge >= 0.3 is 252 Å². The number of carbonyl (C=O) groups is 2. The topological polar surface area (TPSA) is 70.7 Å². The molecule has 1 saturated heterocycles. The summed E-state index contributed by atoms with van der Waals surface area (Å²) in [4.78, 5) is 29.2. The van der Waals surface area contributed by atoms with Crippen molar-refractivity contribution >= 4 is 58.9 Å². The molecular weight excluding hydrogens is 593 g/mol. The second kappa shape index (κ2) is 12.6. The molecule has 41 heavy (non-hydrogen) atoms. The first-order valence-electron chi connectivity index (χ1n) is 13.7. The quantitative estimate of drug-likeness (QED) is 0.216. The van der Waals surface area contributed by atoms with Crippen molar-refractivity contribution < 1.29 is 14.3 Å². The zero-order chi connectivity index (χ0) is 28.2. The maximum atomic E-state index is 13.5. The van der Waals surface area contributed by atoms with Crippen LogP contribution in [0.15, 0.2) is 89.6 Å². The number of hydrogen-bond acceptors (Lipinski definition) is 5. The third-order valence-electron chi connectivity index (χ3n) is 7.37. The molecule has 1 atom stereocenters. The van der Waals surface area contributed by atoms with Crippen molar-refractivity contribution in [1.29, 1.82) is 0 Å². The summed E-state index contributed by atoms with van der Waals surface area (Å²) in [6.45, 7) is 6.31. The van der Waals surface area contributed by atoms with E-state index >= 15 is 0 Å². The van der Waals surface area contributed by atoms with Gasteiger partial charge in [0, 0.05) is 0 Å². The van der Waals surface area contributed by atoms with E-state index in [1.54, 1.807) is 17.4 Å². The zero-order valence-corrected chi connectivity index (χ0v) is 25.5. The van der Waals surface area contributed by atoms with Gasteiger partial charge in [-0.1, -0.05) is 0 Å². The summed E-state index contributed by atoms with van der Waals surface area (Å²) in [5.74, 6) is -0.278. The number of amides is 2. The number of fused-ring (bicyclic) bond motifs is 1. The summed E-state index contributed by atoms with van der Waals surface area (Å²) in [6.07, 6.45) is 0. The molecule has 0 spiro atoms. The molecular formula is C33H31AsN3O3S. The van der Waals surface area contributed by atoms with Crippen LogP contribution >= 0.6 is 11.3 Å². The minimum absolute atomic E-state index is 0.115. The molecule has 0 bridgehead atoms. The third-order valence-corrected chi connectivity index (χ3v) is 10.7. The van der Waals surface area contributed by atoms with Crippen LogP contribution in [0.4, 0.5) is 5.69 Å². The molecule has 8 heteroatoms. The van der Waals surface area contributed by atoms with Crippen molar-refractivity contribution in [3.05, 3.63) is 117 Å². The number of nitrogens with one attached hydrogen (secondary N) is 2. The predicted molar refractivity (Wildman–Crippen MR) is 166 cm³/mol. The van der Waals surface area contributed by atoms with Gasteiger partial charge in [0.05, 0.1) is 0 Å². The van der Waals surface area contributed by atoms with E-state index in [-0.39, 0.29) is 17.9 Å². The molecule has 3 heterocycles. The predicted octanol–water partition coefficient (Wildman–Crippen LogP) is 4.92. The van der Waals surface area contributed by atoms with Crippen LogP contribution in [0, 0.1) is 0 Å². The summed E-state index contributed by atoms with van der Waals surface area (Å²) in [6, 6.07) is 26.1. The van der Waals surface area contributed by atoms with Crippen LogP contribution in [0.3, 0.4) is 0 Å². The first-order chi connectivity index (χ1) is 20.0. The van der Waals surface area contributed by atoms with Crippen molar-refractivity contribution in [1.82, 2.24) is 10.2 Å². The van der Waals surface area contributed by atoms with Gasteiger partial charge in [-0.3, -0.25) is 0 Å². The second-order valence-corrected chi connectivity index (χ2v) is 13.5. The van der Waals surface area contributed by atoms with Gasteiger partial charge in [0.1, 0.15) is 0 Å². The van der Waals surface area contributed by atoms with E-state index in [0.29, 0.717) is 11.1 Å². The molecule has 1 aromatic heterocycles. The molecule has 6 rings (SSSR count). The van der Waals surface area contributed by atoms with Crippen molar-refractivity contribution in [3.63, 3.8) is 0 Å². The van der Waals surface area contributed by atoms with Gasteiger partial charge < -0.3 is 0 Å². The van der Waals surface area contributed by atoms with Gasteiger partial charge in [0.15, 0.2) is 0 Å². The first-order valence-corrected chi connectivity index (χ1v) is 16.6. The first kappa shape index (κ1) is 27.7. The Morgan fingerprint density at radius 3 is 2.63 bits per heavy atom. The molecule has 2 aliphatic heterocycles. The van der Waals surface area contributed by atoms with Gasteiger partial charge in [-0.15, -0.1) is 0 Å². The number of carbonyl (C=O) groups excluding carboxylic acids is 2. The molecule has 6 nitrogen and oxygen atoms in total. The molecule has 2 aliphatic rings. The Morgan fingerprint density at radius 1 is 1.02 bits per heavy atom. The standard InChI is InChI=1S/C33H31AsN3O3S/c1-22(24-7-3-2-4-8-24)35-32(38)25-10-11-29-28(19-25)30(33(39)36-29)31(26-12-17-41-21-26)34-27-9-5-6-23(18-27)20-37-13-15-40-16-14-37/h2-12,17-19,21-22H,13-16,20H2,1H3,(H,35,38)(H,36,39)/b31-30-/t22-/m1/s1. The number of thiophene rings is 1. The fourth-order valence-electron chi connectivity index (χ4n) is 5.18. The second-order valence-electron chi connectivity index (χ2n) is 10.2. The zero-order valence-electron chi connectivity index (χ0n) is 22.8. The molecule has 2 N–H and O–H groups in total. The number of anilines is 1. The van der Waals surface area contributed by atoms with Gasteiger partial charge in [0.2, 0.25) is 0 Å². The number of benzene rings is 3. The Bertz CT molecular complexity index is 1580. The Kier molecular flexibility index (Phi) is 8.49. The van der Waals surface area contributed by atoms with Crippen molar-refractivity contribution in [3.8, 4) is 0 Å². The van der Waals surface area contributed by atoms with E-state index in [1.807, 2.05) is 49.4 Å². The van der Waals surface area contributed by atoms with E-state index in [0.717, 1.165) is 59.6 Å². The molecule has 2 amide bonds. The van der Waals surface area contributed by atoms with Crippen LogP contribution in [0.5, 0.6) is 0 Å². The number of nitrogens with zero attached hydrogens (tertiary/aromatic N) is 1. The van der Waals surface area contributed by atoms with E-state index < -0.39 is 15.8 Å². The number of hydrogen-bond donors (Lipinski definition) is 2. The Balaban J connectivity index is 1.31. The van der Waals surface area contributed by atoms with Crippen LogP contribution < -0.4 is 15.0 Å². The van der Waals surface area contributed by atoms with Crippen LogP contribution in [0.2, 0.25) is 0 Å². The summed E-state index contributed by atoms with van der Waals surface area (Å²) in [5, 5.41) is 10.3. The summed E-state index contributed by atoms with van der Waals surface area (Å²) in [7, 11) is 0. The fraction of sp³-hybridized carbons (Fsp3) is 0.212.